The van der Waals surface area contributed by atoms with Crippen LogP contribution in [0.5, 0.6) is 0 Å². The number of nitrogens with zero attached hydrogens (tertiary/aromatic N) is 4. The van der Waals surface area contributed by atoms with Crippen LogP contribution in [0.2, 0.25) is 0 Å². The van der Waals surface area contributed by atoms with E-state index < -0.39 is 30.5 Å². The van der Waals surface area contributed by atoms with E-state index in [0.717, 1.165) is 15.4 Å². The van der Waals surface area contributed by atoms with Crippen molar-refractivity contribution in [2.45, 2.75) is 44.4 Å². The van der Waals surface area contributed by atoms with E-state index in [2.05, 4.69) is 25.0 Å². The molecule has 2 aliphatic rings. The van der Waals surface area contributed by atoms with Gasteiger partial charge in [-0.25, -0.2) is 8.91 Å². The summed E-state index contributed by atoms with van der Waals surface area (Å²) in [6, 6.07) is 9.45. The monoisotopic (exact) mass is 483 g/mol. The number of amides is 1. The zero-order chi connectivity index (χ0) is 23.2. The van der Waals surface area contributed by atoms with E-state index in [4.69, 9.17) is 0 Å². The Kier molecular flexibility index (Phi) is 5.83. The molecular weight excluding hydrogens is 462 g/mol. The number of hydrogen-bond donors (Lipinski definition) is 1. The first-order chi connectivity index (χ1) is 15.7. The number of carbonyl (C=O) groups is 1. The van der Waals surface area contributed by atoms with Gasteiger partial charge in [-0.1, -0.05) is 6.07 Å². The summed E-state index contributed by atoms with van der Waals surface area (Å²) >= 11 is 1.57. The number of nitrogens with one attached hydrogen (secondary N) is 1. The Hall–Kier alpha value is -2.57. The van der Waals surface area contributed by atoms with Crippen molar-refractivity contribution in [3.05, 3.63) is 35.2 Å². The molecule has 1 aliphatic carbocycles. The van der Waals surface area contributed by atoms with Gasteiger partial charge in [0.05, 0.1) is 22.6 Å². The lowest BCUT2D eigenvalue weighted by Gasteiger charge is -2.31. The summed E-state index contributed by atoms with van der Waals surface area (Å²) in [7, 11) is 0. The number of halogens is 4. The molecule has 0 aromatic carbocycles. The average molecular weight is 483 g/mol. The Morgan fingerprint density at radius 2 is 1.97 bits per heavy atom. The van der Waals surface area contributed by atoms with Crippen LogP contribution in [0.1, 0.15) is 24.1 Å². The summed E-state index contributed by atoms with van der Waals surface area (Å²) in [5, 5.41) is 6.94. The number of rotatable bonds is 6. The zero-order valence-electron chi connectivity index (χ0n) is 17.4. The molecule has 0 bridgehead atoms. The second kappa shape index (κ2) is 8.65. The molecule has 1 aliphatic heterocycles. The van der Waals surface area contributed by atoms with E-state index in [0.29, 0.717) is 38.1 Å². The zero-order valence-corrected chi connectivity index (χ0v) is 18.2. The Labute approximate surface area is 190 Å². The van der Waals surface area contributed by atoms with Gasteiger partial charge in [-0.3, -0.25) is 19.7 Å². The number of fused-ring (bicyclic) bond motifs is 1. The third kappa shape index (κ3) is 5.17. The van der Waals surface area contributed by atoms with Crippen LogP contribution in [0.3, 0.4) is 0 Å². The second-order valence-corrected chi connectivity index (χ2v) is 9.44. The van der Waals surface area contributed by atoms with E-state index in [9.17, 15) is 22.4 Å². The minimum absolute atomic E-state index is 0.132. The summed E-state index contributed by atoms with van der Waals surface area (Å²) < 4.78 is 56.1. The predicted molar refractivity (Wildman–Crippen MR) is 113 cm³/mol. The number of pyridine rings is 1. The summed E-state index contributed by atoms with van der Waals surface area (Å²) in [4.78, 5) is 20.4. The van der Waals surface area contributed by atoms with Crippen LogP contribution in [-0.4, -0.2) is 57.1 Å². The second-order valence-electron chi connectivity index (χ2n) is 8.27. The van der Waals surface area contributed by atoms with Crippen molar-refractivity contribution >= 4 is 28.8 Å². The molecule has 2 atom stereocenters. The van der Waals surface area contributed by atoms with Gasteiger partial charge < -0.3 is 0 Å². The maximum Gasteiger partial charge on any atom is 0.522 e. The SMILES string of the molecule is O=C(Nc1nc2cccc(-c3ccc(CN4CCC(OC(F)(F)F)CC4)s3)n2n1)[C@H]1C[C@@H]1F. The number of carbonyl (C=O) groups excluding carboxylic acids is 1. The molecular formula is C21H21F4N5O2S. The molecule has 3 aromatic rings. The Bertz CT molecular complexity index is 1160. The maximum absolute atomic E-state index is 13.1. The van der Waals surface area contributed by atoms with Crippen molar-refractivity contribution in [1.82, 2.24) is 19.5 Å². The van der Waals surface area contributed by atoms with Crippen molar-refractivity contribution < 1.29 is 27.1 Å². The van der Waals surface area contributed by atoms with Crippen molar-refractivity contribution in [1.29, 1.82) is 0 Å². The van der Waals surface area contributed by atoms with E-state index in [1.807, 2.05) is 24.3 Å². The third-order valence-electron chi connectivity index (χ3n) is 5.77. The van der Waals surface area contributed by atoms with Crippen LogP contribution < -0.4 is 5.32 Å². The normalized spacial score (nSPS) is 22.1. The predicted octanol–water partition coefficient (Wildman–Crippen LogP) is 4.26. The fourth-order valence-corrected chi connectivity index (χ4v) is 5.04. The van der Waals surface area contributed by atoms with Crippen molar-refractivity contribution in [2.24, 2.45) is 5.92 Å². The Morgan fingerprint density at radius 3 is 2.67 bits per heavy atom. The molecule has 33 heavy (non-hydrogen) atoms. The number of likely N-dealkylation sites (tertiary alicyclic amines) is 1. The fourth-order valence-electron chi connectivity index (χ4n) is 3.98. The van der Waals surface area contributed by atoms with Gasteiger partial charge in [0.1, 0.15) is 6.17 Å². The van der Waals surface area contributed by atoms with Gasteiger partial charge in [-0.2, -0.15) is 4.98 Å². The fraction of sp³-hybridized carbons (Fsp3) is 0.476. The first kappa shape index (κ1) is 22.2. The highest BCUT2D eigenvalue weighted by Gasteiger charge is 2.44. The highest BCUT2D eigenvalue weighted by molar-refractivity contribution is 7.15. The highest BCUT2D eigenvalue weighted by atomic mass is 32.1. The molecule has 7 nitrogen and oxygen atoms in total. The maximum atomic E-state index is 13.1. The van der Waals surface area contributed by atoms with Gasteiger partial charge in [0.2, 0.25) is 11.9 Å². The lowest BCUT2D eigenvalue weighted by molar-refractivity contribution is -0.345. The number of alkyl halides is 4. The van der Waals surface area contributed by atoms with Gasteiger partial charge in [0, 0.05) is 24.5 Å². The molecule has 1 saturated heterocycles. The van der Waals surface area contributed by atoms with Crippen LogP contribution in [0.25, 0.3) is 16.2 Å². The average Bonchev–Trinajstić information content (AvgIpc) is 3.13. The number of aromatic nitrogens is 3. The number of thiophene rings is 1. The third-order valence-corrected chi connectivity index (χ3v) is 6.87. The Balaban J connectivity index is 1.25. The van der Waals surface area contributed by atoms with Gasteiger partial charge in [-0.05, 0) is 43.5 Å². The van der Waals surface area contributed by atoms with Crippen LogP contribution in [0.4, 0.5) is 23.5 Å². The molecule has 3 aromatic heterocycles. The lowest BCUT2D eigenvalue weighted by atomic mass is 10.1. The van der Waals surface area contributed by atoms with Gasteiger partial charge in [0.25, 0.3) is 0 Å². The van der Waals surface area contributed by atoms with Gasteiger partial charge in [0.15, 0.2) is 5.65 Å². The summed E-state index contributed by atoms with van der Waals surface area (Å²) in [6.07, 6.45) is -5.55. The Morgan fingerprint density at radius 1 is 1.21 bits per heavy atom. The van der Waals surface area contributed by atoms with E-state index in [-0.39, 0.29) is 12.4 Å². The van der Waals surface area contributed by atoms with E-state index >= 15 is 0 Å². The van der Waals surface area contributed by atoms with Crippen molar-refractivity contribution in [2.75, 3.05) is 18.4 Å². The first-order valence-electron chi connectivity index (χ1n) is 10.6. The molecule has 2 fully saturated rings. The number of hydrogen-bond acceptors (Lipinski definition) is 6. The standard InChI is InChI=1S/C21H21F4N5O2S/c22-15-10-14(15)19(31)27-20-26-18-3-1-2-16(30(18)28-20)17-5-4-13(33-17)11-29-8-6-12(7-9-29)32-21(23,24)25/h1-5,12,14-15H,6-11H2,(H,27,28,31)/t14-,15-/m0/s1. The minimum Gasteiger partial charge on any atom is -0.298 e. The lowest BCUT2D eigenvalue weighted by Crippen LogP contribution is -2.38. The smallest absolute Gasteiger partial charge is 0.298 e. The molecule has 1 saturated carbocycles. The molecule has 1 N–H and O–H groups in total. The van der Waals surface area contributed by atoms with Crippen LogP contribution in [0, 0.1) is 5.92 Å². The van der Waals surface area contributed by atoms with Gasteiger partial charge >= 0.3 is 6.36 Å². The largest absolute Gasteiger partial charge is 0.522 e. The van der Waals surface area contributed by atoms with Crippen LogP contribution in [-0.2, 0) is 16.1 Å². The van der Waals surface area contributed by atoms with E-state index in [1.165, 1.54) is 0 Å². The summed E-state index contributed by atoms with van der Waals surface area (Å²) in [6.45, 7) is 1.72. The molecule has 12 heteroatoms. The van der Waals surface area contributed by atoms with E-state index in [1.54, 1.807) is 21.9 Å². The summed E-state index contributed by atoms with van der Waals surface area (Å²) in [5.41, 5.74) is 1.35. The topological polar surface area (TPSA) is 71.8 Å². The van der Waals surface area contributed by atoms with Crippen molar-refractivity contribution in [3.63, 3.8) is 0 Å². The minimum atomic E-state index is -4.59. The van der Waals surface area contributed by atoms with Crippen LogP contribution in [0.15, 0.2) is 30.3 Å². The number of anilines is 1. The molecule has 4 heterocycles. The van der Waals surface area contributed by atoms with Gasteiger partial charge in [-0.15, -0.1) is 29.6 Å². The highest BCUT2D eigenvalue weighted by Crippen LogP contribution is 2.35. The molecule has 0 radical (unpaired) electrons. The quantitative estimate of drug-likeness (QED) is 0.531. The molecule has 0 spiro atoms. The first-order valence-corrected chi connectivity index (χ1v) is 11.4. The number of ether oxygens (including phenoxy) is 1. The molecule has 1 amide bonds. The summed E-state index contributed by atoms with van der Waals surface area (Å²) in [5.74, 6) is -0.906. The van der Waals surface area contributed by atoms with Crippen molar-refractivity contribution in [3.8, 4) is 10.6 Å². The molecule has 5 rings (SSSR count). The number of piperidine rings is 1. The molecule has 176 valence electrons. The molecule has 0 unspecified atom stereocenters. The van der Waals surface area contributed by atoms with Crippen LogP contribution >= 0.6 is 11.3 Å².